The molecule has 4 rings (SSSR count). The van der Waals surface area contributed by atoms with Crippen molar-refractivity contribution in [3.63, 3.8) is 0 Å². The molecule has 0 spiro atoms. The average Bonchev–Trinajstić information content (AvgIpc) is 3.06. The van der Waals surface area contributed by atoms with Crippen LogP contribution in [-0.2, 0) is 6.54 Å². The van der Waals surface area contributed by atoms with Gasteiger partial charge in [0.1, 0.15) is 11.0 Å². The van der Waals surface area contributed by atoms with E-state index in [4.69, 9.17) is 16.6 Å². The Labute approximate surface area is 162 Å². The molecule has 1 amide bonds. The maximum absolute atomic E-state index is 12.8. The van der Waals surface area contributed by atoms with E-state index in [0.717, 1.165) is 34.3 Å². The first kappa shape index (κ1) is 17.5. The number of rotatable bonds is 4. The number of nitrogens with one attached hydrogen (secondary N) is 1. The first-order valence-electron chi connectivity index (χ1n) is 8.89. The summed E-state index contributed by atoms with van der Waals surface area (Å²) in [5, 5.41) is 4.37. The van der Waals surface area contributed by atoms with Crippen molar-refractivity contribution in [3.8, 4) is 0 Å². The smallest absolute Gasteiger partial charge is 0.251 e. The summed E-state index contributed by atoms with van der Waals surface area (Å²) in [6, 6.07) is 16.8. The first-order valence-corrected chi connectivity index (χ1v) is 9.27. The van der Waals surface area contributed by atoms with Crippen LogP contribution in [0.5, 0.6) is 0 Å². The van der Waals surface area contributed by atoms with Gasteiger partial charge in [0.15, 0.2) is 0 Å². The summed E-state index contributed by atoms with van der Waals surface area (Å²) in [5.41, 5.74) is 3.35. The molecule has 2 aromatic carbocycles. The van der Waals surface area contributed by atoms with Crippen molar-refractivity contribution >= 4 is 39.4 Å². The van der Waals surface area contributed by atoms with Gasteiger partial charge in [-0.05, 0) is 56.3 Å². The zero-order valence-electron chi connectivity index (χ0n) is 15.1. The highest BCUT2D eigenvalue weighted by Crippen LogP contribution is 2.22. The summed E-state index contributed by atoms with van der Waals surface area (Å²) in [6.07, 6.45) is 0. The molecule has 1 N–H and O–H groups in total. The third-order valence-corrected chi connectivity index (χ3v) is 4.86. The average molecular weight is 379 g/mol. The summed E-state index contributed by atoms with van der Waals surface area (Å²) < 4.78 is 2.13. The Balaban J connectivity index is 1.62. The van der Waals surface area contributed by atoms with Gasteiger partial charge in [0.25, 0.3) is 5.91 Å². The van der Waals surface area contributed by atoms with Crippen LogP contribution in [0, 0.1) is 0 Å². The van der Waals surface area contributed by atoms with Crippen molar-refractivity contribution in [3.05, 3.63) is 71.1 Å². The Morgan fingerprint density at radius 3 is 2.74 bits per heavy atom. The molecule has 1 atom stereocenters. The van der Waals surface area contributed by atoms with Crippen LogP contribution in [0.15, 0.2) is 54.6 Å². The zero-order valence-corrected chi connectivity index (χ0v) is 15.9. The summed E-state index contributed by atoms with van der Waals surface area (Å²) in [7, 11) is 0. The van der Waals surface area contributed by atoms with Gasteiger partial charge in [0, 0.05) is 17.5 Å². The third-order valence-electron chi connectivity index (χ3n) is 4.65. The lowest BCUT2D eigenvalue weighted by Gasteiger charge is -2.15. The maximum atomic E-state index is 12.8. The standard InChI is InChI=1S/C21H19ClN4O/c1-3-26-18-7-5-4-6-17(18)25-20(26)13(2)23-21(27)15-8-10-16-14(12-15)9-11-19(22)24-16/h4-13H,3H2,1-2H3,(H,23,27). The van der Waals surface area contributed by atoms with Gasteiger partial charge in [0.2, 0.25) is 0 Å². The van der Waals surface area contributed by atoms with Crippen LogP contribution in [-0.4, -0.2) is 20.4 Å². The second-order valence-electron chi connectivity index (χ2n) is 6.44. The lowest BCUT2D eigenvalue weighted by molar-refractivity contribution is 0.0938. The Morgan fingerprint density at radius 1 is 1.11 bits per heavy atom. The largest absolute Gasteiger partial charge is 0.342 e. The minimum atomic E-state index is -0.219. The quantitative estimate of drug-likeness (QED) is 0.521. The predicted octanol–water partition coefficient (Wildman–Crippen LogP) is 4.75. The van der Waals surface area contributed by atoms with Gasteiger partial charge >= 0.3 is 0 Å². The number of nitrogens with zero attached hydrogens (tertiary/aromatic N) is 3. The van der Waals surface area contributed by atoms with Crippen molar-refractivity contribution in [1.29, 1.82) is 0 Å². The molecule has 2 aromatic heterocycles. The molecule has 4 aromatic rings. The number of carbonyl (C=O) groups excluding carboxylic acids is 1. The Hall–Kier alpha value is -2.92. The lowest BCUT2D eigenvalue weighted by Crippen LogP contribution is -2.28. The van der Waals surface area contributed by atoms with E-state index in [1.165, 1.54) is 0 Å². The highest BCUT2D eigenvalue weighted by molar-refractivity contribution is 6.29. The van der Waals surface area contributed by atoms with Gasteiger partial charge < -0.3 is 9.88 Å². The van der Waals surface area contributed by atoms with Gasteiger partial charge in [-0.3, -0.25) is 4.79 Å². The fraction of sp³-hybridized carbons (Fsp3) is 0.190. The molecule has 0 aliphatic rings. The van der Waals surface area contributed by atoms with Crippen molar-refractivity contribution in [2.24, 2.45) is 0 Å². The van der Waals surface area contributed by atoms with Crippen LogP contribution >= 0.6 is 11.6 Å². The number of hydrogen-bond donors (Lipinski definition) is 1. The van der Waals surface area contributed by atoms with E-state index < -0.39 is 0 Å². The minimum Gasteiger partial charge on any atom is -0.342 e. The molecule has 1 unspecified atom stereocenters. The van der Waals surface area contributed by atoms with E-state index in [1.54, 1.807) is 12.1 Å². The fourth-order valence-corrected chi connectivity index (χ4v) is 3.50. The fourth-order valence-electron chi connectivity index (χ4n) is 3.34. The summed E-state index contributed by atoms with van der Waals surface area (Å²) in [4.78, 5) is 21.7. The van der Waals surface area contributed by atoms with E-state index in [1.807, 2.05) is 49.4 Å². The number of hydrogen-bond acceptors (Lipinski definition) is 3. The normalized spacial score (nSPS) is 12.4. The van der Waals surface area contributed by atoms with Crippen LogP contribution in [0.4, 0.5) is 0 Å². The van der Waals surface area contributed by atoms with Crippen LogP contribution in [0.3, 0.4) is 0 Å². The van der Waals surface area contributed by atoms with Crippen LogP contribution in [0.2, 0.25) is 5.15 Å². The summed E-state index contributed by atoms with van der Waals surface area (Å²) >= 11 is 5.92. The maximum Gasteiger partial charge on any atom is 0.251 e. The SMILES string of the molecule is CCn1c(C(C)NC(=O)c2ccc3nc(Cl)ccc3c2)nc2ccccc21. The van der Waals surface area contributed by atoms with Gasteiger partial charge in [-0.1, -0.05) is 23.7 Å². The molecule has 0 radical (unpaired) electrons. The number of para-hydroxylation sites is 2. The zero-order chi connectivity index (χ0) is 19.0. The van der Waals surface area contributed by atoms with E-state index in [0.29, 0.717) is 10.7 Å². The van der Waals surface area contributed by atoms with Crippen molar-refractivity contribution in [2.45, 2.75) is 26.4 Å². The molecule has 0 saturated carbocycles. The van der Waals surface area contributed by atoms with Gasteiger partial charge in [-0.25, -0.2) is 9.97 Å². The van der Waals surface area contributed by atoms with Crippen molar-refractivity contribution in [1.82, 2.24) is 19.9 Å². The molecule has 136 valence electrons. The number of halogens is 1. The van der Waals surface area contributed by atoms with Crippen LogP contribution in [0.1, 0.15) is 36.1 Å². The van der Waals surface area contributed by atoms with Crippen molar-refractivity contribution < 1.29 is 4.79 Å². The molecule has 0 aliphatic heterocycles. The van der Waals surface area contributed by atoms with E-state index in [2.05, 4.69) is 21.8 Å². The Morgan fingerprint density at radius 2 is 1.93 bits per heavy atom. The van der Waals surface area contributed by atoms with E-state index >= 15 is 0 Å². The first-order chi connectivity index (χ1) is 13.1. The van der Waals surface area contributed by atoms with Gasteiger partial charge in [0.05, 0.1) is 22.6 Å². The number of aromatic nitrogens is 3. The highest BCUT2D eigenvalue weighted by atomic mass is 35.5. The second kappa shape index (κ2) is 7.00. The number of imidazole rings is 1. The topological polar surface area (TPSA) is 59.8 Å². The number of aryl methyl sites for hydroxylation is 1. The second-order valence-corrected chi connectivity index (χ2v) is 6.83. The highest BCUT2D eigenvalue weighted by Gasteiger charge is 2.18. The van der Waals surface area contributed by atoms with Gasteiger partial charge in [-0.15, -0.1) is 0 Å². The number of pyridine rings is 1. The molecule has 5 nitrogen and oxygen atoms in total. The number of benzene rings is 2. The predicted molar refractivity (Wildman–Crippen MR) is 108 cm³/mol. The molecule has 0 aliphatic carbocycles. The monoisotopic (exact) mass is 378 g/mol. The molecule has 0 bridgehead atoms. The third kappa shape index (κ3) is 3.26. The van der Waals surface area contributed by atoms with E-state index in [-0.39, 0.29) is 11.9 Å². The lowest BCUT2D eigenvalue weighted by atomic mass is 10.1. The minimum absolute atomic E-state index is 0.144. The molecular weight excluding hydrogens is 360 g/mol. The number of fused-ring (bicyclic) bond motifs is 2. The van der Waals surface area contributed by atoms with Crippen LogP contribution < -0.4 is 5.32 Å². The van der Waals surface area contributed by atoms with Gasteiger partial charge in [-0.2, -0.15) is 0 Å². The molecule has 0 fully saturated rings. The Bertz CT molecular complexity index is 1150. The molecule has 27 heavy (non-hydrogen) atoms. The van der Waals surface area contributed by atoms with Crippen LogP contribution in [0.25, 0.3) is 21.9 Å². The molecule has 0 saturated heterocycles. The number of amides is 1. The van der Waals surface area contributed by atoms with Crippen molar-refractivity contribution in [2.75, 3.05) is 0 Å². The Kier molecular flexibility index (Phi) is 4.54. The molecule has 6 heteroatoms. The van der Waals surface area contributed by atoms with E-state index in [9.17, 15) is 4.79 Å². The molecule has 2 heterocycles. The summed E-state index contributed by atoms with van der Waals surface area (Å²) in [5.74, 6) is 0.704. The molecular formula is C21H19ClN4O. The summed E-state index contributed by atoms with van der Waals surface area (Å²) in [6.45, 7) is 4.82. The number of carbonyl (C=O) groups is 1.